The fourth-order valence-corrected chi connectivity index (χ4v) is 6.69. The van der Waals surface area contributed by atoms with Crippen LogP contribution in [0.1, 0.15) is 50.5 Å². The van der Waals surface area contributed by atoms with Crippen molar-refractivity contribution in [2.75, 3.05) is 18.8 Å². The Labute approximate surface area is 199 Å². The summed E-state index contributed by atoms with van der Waals surface area (Å²) in [6, 6.07) is 9.75. The highest BCUT2D eigenvalue weighted by molar-refractivity contribution is 7.99. The molecule has 0 bridgehead atoms. The van der Waals surface area contributed by atoms with Crippen LogP contribution in [0.5, 0.6) is 0 Å². The van der Waals surface area contributed by atoms with E-state index in [0.29, 0.717) is 24.7 Å². The molecule has 178 valence electrons. The molecule has 6 nitrogen and oxygen atoms in total. The molecule has 0 spiro atoms. The minimum atomic E-state index is -3.49. The Morgan fingerprint density at radius 1 is 1.03 bits per heavy atom. The summed E-state index contributed by atoms with van der Waals surface area (Å²) in [5.74, 6) is -0.0407. The second kappa shape index (κ2) is 11.0. The van der Waals surface area contributed by atoms with Crippen LogP contribution in [0.4, 0.5) is 4.39 Å². The number of sulfonamides is 1. The van der Waals surface area contributed by atoms with Crippen molar-refractivity contribution in [1.82, 2.24) is 14.2 Å². The van der Waals surface area contributed by atoms with Crippen LogP contribution in [-0.4, -0.2) is 53.4 Å². The van der Waals surface area contributed by atoms with E-state index in [1.54, 1.807) is 24.3 Å². The van der Waals surface area contributed by atoms with Crippen molar-refractivity contribution >= 4 is 27.7 Å². The maximum Gasteiger partial charge on any atom is 0.244 e. The summed E-state index contributed by atoms with van der Waals surface area (Å²) in [5.41, 5.74) is 0.912. The molecule has 1 saturated carbocycles. The van der Waals surface area contributed by atoms with Crippen molar-refractivity contribution in [2.45, 2.75) is 67.5 Å². The topological polar surface area (TPSA) is 70.6 Å². The lowest BCUT2D eigenvalue weighted by Crippen LogP contribution is -2.41. The molecule has 0 atom stereocenters. The number of halogens is 1. The van der Waals surface area contributed by atoms with E-state index in [1.807, 2.05) is 4.90 Å². The van der Waals surface area contributed by atoms with E-state index < -0.39 is 10.0 Å². The summed E-state index contributed by atoms with van der Waals surface area (Å²) in [7, 11) is -3.49. The third-order valence-corrected chi connectivity index (χ3v) is 9.17. The molecule has 33 heavy (non-hydrogen) atoms. The fraction of sp³-hybridized carbons (Fsp3) is 0.500. The number of nitrogens with zero attached hydrogens (tertiary/aromatic N) is 3. The maximum absolute atomic E-state index is 13.3. The highest BCUT2D eigenvalue weighted by Gasteiger charge is 2.28. The zero-order chi connectivity index (χ0) is 23.3. The highest BCUT2D eigenvalue weighted by Crippen LogP contribution is 2.27. The van der Waals surface area contributed by atoms with Gasteiger partial charge in [0.25, 0.3) is 0 Å². The molecule has 4 rings (SSSR count). The van der Waals surface area contributed by atoms with E-state index in [0.717, 1.165) is 44.1 Å². The third kappa shape index (κ3) is 6.13. The van der Waals surface area contributed by atoms with Gasteiger partial charge in [0.15, 0.2) is 0 Å². The van der Waals surface area contributed by atoms with Crippen molar-refractivity contribution < 1.29 is 17.6 Å². The highest BCUT2D eigenvalue weighted by atomic mass is 32.2. The van der Waals surface area contributed by atoms with Gasteiger partial charge >= 0.3 is 0 Å². The largest absolute Gasteiger partial charge is 0.335 e. The van der Waals surface area contributed by atoms with E-state index in [4.69, 9.17) is 0 Å². The first-order valence-electron chi connectivity index (χ1n) is 11.6. The molecule has 2 aromatic rings. The summed E-state index contributed by atoms with van der Waals surface area (Å²) in [6.07, 6.45) is 8.55. The van der Waals surface area contributed by atoms with Gasteiger partial charge in [0, 0.05) is 31.9 Å². The molecule has 0 N–H and O–H groups in total. The standard InChI is InChI=1S/C24H30FN3O3S2/c25-20-10-8-19(9-11-20)17-28(21-6-2-1-3-7-21)24(29)18-32-23-13-12-22(16-26-23)33(30,31)27-14-4-5-15-27/h8-13,16,21H,1-7,14-15,17-18H2. The van der Waals surface area contributed by atoms with E-state index in [1.165, 1.54) is 40.8 Å². The van der Waals surface area contributed by atoms with Crippen molar-refractivity contribution in [1.29, 1.82) is 0 Å². The average Bonchev–Trinajstić information content (AvgIpc) is 3.39. The molecular weight excluding hydrogens is 461 g/mol. The van der Waals surface area contributed by atoms with Crippen molar-refractivity contribution in [3.63, 3.8) is 0 Å². The molecule has 1 aliphatic heterocycles. The Kier molecular flexibility index (Phi) is 8.03. The van der Waals surface area contributed by atoms with Gasteiger partial charge in [0.1, 0.15) is 10.7 Å². The maximum atomic E-state index is 13.3. The Bertz CT molecular complexity index is 1030. The second-order valence-corrected chi connectivity index (χ2v) is 11.6. The Hall–Kier alpha value is -1.97. The molecule has 1 amide bonds. The van der Waals surface area contributed by atoms with Crippen LogP contribution in [0.2, 0.25) is 0 Å². The SMILES string of the molecule is O=C(CSc1ccc(S(=O)(=O)N2CCCC2)cn1)N(Cc1ccc(F)cc1)C1CCCCC1. The van der Waals surface area contributed by atoms with Crippen LogP contribution in [0, 0.1) is 5.82 Å². The molecular formula is C24H30FN3O3S2. The van der Waals surface area contributed by atoms with E-state index in [-0.39, 0.29) is 28.4 Å². The molecule has 9 heteroatoms. The number of hydrogen-bond acceptors (Lipinski definition) is 5. The molecule has 0 unspecified atom stereocenters. The summed E-state index contributed by atoms with van der Waals surface area (Å²) in [4.78, 5) is 19.6. The van der Waals surface area contributed by atoms with Crippen LogP contribution < -0.4 is 0 Å². The average molecular weight is 492 g/mol. The van der Waals surface area contributed by atoms with Crippen LogP contribution in [0.25, 0.3) is 0 Å². The number of pyridine rings is 1. The lowest BCUT2D eigenvalue weighted by molar-refractivity contribution is -0.132. The predicted molar refractivity (Wildman–Crippen MR) is 127 cm³/mol. The van der Waals surface area contributed by atoms with E-state index in [9.17, 15) is 17.6 Å². The summed E-state index contributed by atoms with van der Waals surface area (Å²) < 4.78 is 40.1. The van der Waals surface area contributed by atoms with Gasteiger partial charge in [-0.2, -0.15) is 4.31 Å². The Morgan fingerprint density at radius 2 is 1.73 bits per heavy atom. The third-order valence-electron chi connectivity index (χ3n) is 6.36. The quantitative estimate of drug-likeness (QED) is 0.510. The van der Waals surface area contributed by atoms with Gasteiger partial charge in [-0.15, -0.1) is 0 Å². The molecule has 1 aromatic heterocycles. The van der Waals surface area contributed by atoms with Crippen molar-refractivity contribution in [2.24, 2.45) is 0 Å². The zero-order valence-corrected chi connectivity index (χ0v) is 20.3. The van der Waals surface area contributed by atoms with E-state index >= 15 is 0 Å². The van der Waals surface area contributed by atoms with Crippen LogP contribution >= 0.6 is 11.8 Å². The number of carbonyl (C=O) groups excluding carboxylic acids is 1. The van der Waals surface area contributed by atoms with Gasteiger partial charge in [0.05, 0.1) is 10.8 Å². The normalized spacial score (nSPS) is 17.8. The lowest BCUT2D eigenvalue weighted by atomic mass is 9.94. The Morgan fingerprint density at radius 3 is 2.36 bits per heavy atom. The summed E-state index contributed by atoms with van der Waals surface area (Å²) in [5, 5.41) is 0.620. The molecule has 2 fully saturated rings. The number of thioether (sulfide) groups is 1. The monoisotopic (exact) mass is 491 g/mol. The van der Waals surface area contributed by atoms with Crippen molar-refractivity contribution in [3.8, 4) is 0 Å². The van der Waals surface area contributed by atoms with Crippen LogP contribution in [0.3, 0.4) is 0 Å². The zero-order valence-electron chi connectivity index (χ0n) is 18.7. The molecule has 2 aliphatic rings. The second-order valence-electron chi connectivity index (χ2n) is 8.67. The first kappa shape index (κ1) is 24.2. The van der Waals surface area contributed by atoms with Gasteiger partial charge in [-0.05, 0) is 55.5 Å². The number of benzene rings is 1. The predicted octanol–water partition coefficient (Wildman–Crippen LogP) is 4.46. The molecule has 1 saturated heterocycles. The number of hydrogen-bond donors (Lipinski definition) is 0. The summed E-state index contributed by atoms with van der Waals surface area (Å²) >= 11 is 1.31. The van der Waals surface area contributed by atoms with Crippen molar-refractivity contribution in [3.05, 3.63) is 54.0 Å². The van der Waals surface area contributed by atoms with Gasteiger partial charge in [-0.1, -0.05) is 43.2 Å². The number of rotatable bonds is 8. The first-order valence-corrected chi connectivity index (χ1v) is 14.0. The minimum Gasteiger partial charge on any atom is -0.335 e. The fourth-order valence-electron chi connectivity index (χ4n) is 4.50. The lowest BCUT2D eigenvalue weighted by Gasteiger charge is -2.34. The van der Waals surface area contributed by atoms with Crippen LogP contribution in [-0.2, 0) is 21.4 Å². The van der Waals surface area contributed by atoms with Crippen LogP contribution in [0.15, 0.2) is 52.5 Å². The number of amides is 1. The van der Waals surface area contributed by atoms with Gasteiger partial charge < -0.3 is 4.90 Å². The number of aromatic nitrogens is 1. The molecule has 0 radical (unpaired) electrons. The minimum absolute atomic E-state index is 0.0202. The number of carbonyl (C=O) groups is 1. The first-order chi connectivity index (χ1) is 15.9. The van der Waals surface area contributed by atoms with Gasteiger partial charge in [0.2, 0.25) is 15.9 Å². The summed E-state index contributed by atoms with van der Waals surface area (Å²) in [6.45, 7) is 1.57. The van der Waals surface area contributed by atoms with E-state index in [2.05, 4.69) is 4.98 Å². The smallest absolute Gasteiger partial charge is 0.244 e. The van der Waals surface area contributed by atoms with Gasteiger partial charge in [-0.25, -0.2) is 17.8 Å². The molecule has 1 aliphatic carbocycles. The Balaban J connectivity index is 1.40. The molecule has 2 heterocycles. The molecule has 1 aromatic carbocycles. The van der Waals surface area contributed by atoms with Gasteiger partial charge in [-0.3, -0.25) is 4.79 Å².